The molecule has 8 heteroatoms. The average Bonchev–Trinajstić information content (AvgIpc) is 3.17. The van der Waals surface area contributed by atoms with Gasteiger partial charge in [-0.25, -0.2) is 4.98 Å². The molecule has 0 saturated carbocycles. The van der Waals surface area contributed by atoms with Crippen molar-refractivity contribution in [3.05, 3.63) is 41.4 Å². The number of aromatic amines is 1. The van der Waals surface area contributed by atoms with Crippen LogP contribution in [0.1, 0.15) is 31.5 Å². The zero-order chi connectivity index (χ0) is 18.4. The molecule has 2 aromatic rings. The van der Waals surface area contributed by atoms with Gasteiger partial charge in [0.1, 0.15) is 24.0 Å². The molecule has 0 aliphatic carbocycles. The molecule has 1 aromatic heterocycles. The Morgan fingerprint density at radius 1 is 1.46 bits per heavy atom. The van der Waals surface area contributed by atoms with E-state index in [0.717, 1.165) is 43.5 Å². The van der Waals surface area contributed by atoms with E-state index in [2.05, 4.69) is 30.4 Å². The van der Waals surface area contributed by atoms with Crippen molar-refractivity contribution in [3.63, 3.8) is 0 Å². The minimum absolute atomic E-state index is 0.00283. The van der Waals surface area contributed by atoms with Crippen molar-refractivity contribution in [3.8, 4) is 5.75 Å². The minimum atomic E-state index is -0.00283. The quantitative estimate of drug-likeness (QED) is 0.619. The maximum absolute atomic E-state index is 6.00. The number of rotatable bonds is 5. The first kappa shape index (κ1) is 18.5. The Balaban J connectivity index is 1.46. The number of aromatic nitrogens is 3. The number of aliphatic imine (C=N–C) groups is 1. The molecular weight excluding hydrogens is 352 g/mol. The first-order valence-electron chi connectivity index (χ1n) is 8.88. The summed E-state index contributed by atoms with van der Waals surface area (Å²) in [7, 11) is 1.81. The van der Waals surface area contributed by atoms with E-state index in [0.29, 0.717) is 17.5 Å². The number of halogens is 1. The number of hydrogen-bond donors (Lipinski definition) is 2. The SMILES string of the molecule is CN=C(NCC(C)Oc1cccc(Cl)c1)N1CCC(c2ncn[nH]2)CC1. The lowest BCUT2D eigenvalue weighted by molar-refractivity contribution is 0.220. The number of piperidine rings is 1. The number of guanidine groups is 1. The van der Waals surface area contributed by atoms with Crippen LogP contribution < -0.4 is 10.1 Å². The number of benzene rings is 1. The van der Waals surface area contributed by atoms with E-state index < -0.39 is 0 Å². The van der Waals surface area contributed by atoms with Crippen molar-refractivity contribution in [2.75, 3.05) is 26.7 Å². The van der Waals surface area contributed by atoms with E-state index >= 15 is 0 Å². The van der Waals surface area contributed by atoms with Crippen LogP contribution in [-0.4, -0.2) is 58.8 Å². The van der Waals surface area contributed by atoms with Crippen LogP contribution in [0.4, 0.5) is 0 Å². The Kier molecular flexibility index (Phi) is 6.33. The number of ether oxygens (including phenoxy) is 1. The lowest BCUT2D eigenvalue weighted by Crippen LogP contribution is -2.47. The second kappa shape index (κ2) is 8.89. The lowest BCUT2D eigenvalue weighted by atomic mass is 9.96. The zero-order valence-electron chi connectivity index (χ0n) is 15.2. The van der Waals surface area contributed by atoms with Crippen LogP contribution in [0.25, 0.3) is 0 Å². The van der Waals surface area contributed by atoms with E-state index in [4.69, 9.17) is 16.3 Å². The predicted octanol–water partition coefficient (Wildman–Crippen LogP) is 2.68. The molecule has 3 rings (SSSR count). The van der Waals surface area contributed by atoms with Gasteiger partial charge in [0.15, 0.2) is 5.96 Å². The molecular formula is C18H25ClN6O. The topological polar surface area (TPSA) is 78.4 Å². The molecule has 0 spiro atoms. The van der Waals surface area contributed by atoms with Crippen LogP contribution in [0, 0.1) is 0 Å². The van der Waals surface area contributed by atoms with E-state index in [-0.39, 0.29) is 6.10 Å². The monoisotopic (exact) mass is 376 g/mol. The highest BCUT2D eigenvalue weighted by Gasteiger charge is 2.24. The Bertz CT molecular complexity index is 712. The van der Waals surface area contributed by atoms with Crippen molar-refractivity contribution in [2.45, 2.75) is 31.8 Å². The third-order valence-corrected chi connectivity index (χ3v) is 4.74. The third-order valence-electron chi connectivity index (χ3n) is 4.51. The zero-order valence-corrected chi connectivity index (χ0v) is 15.9. The summed E-state index contributed by atoms with van der Waals surface area (Å²) in [5.74, 6) is 3.10. The van der Waals surface area contributed by atoms with Gasteiger partial charge in [-0.1, -0.05) is 17.7 Å². The first-order chi connectivity index (χ1) is 12.7. The van der Waals surface area contributed by atoms with Crippen molar-refractivity contribution in [1.82, 2.24) is 25.4 Å². The smallest absolute Gasteiger partial charge is 0.193 e. The van der Waals surface area contributed by atoms with Crippen LogP contribution in [0.2, 0.25) is 5.02 Å². The van der Waals surface area contributed by atoms with Gasteiger partial charge in [-0.05, 0) is 38.0 Å². The highest BCUT2D eigenvalue weighted by Crippen LogP contribution is 2.25. The van der Waals surface area contributed by atoms with Crippen molar-refractivity contribution in [1.29, 1.82) is 0 Å². The largest absolute Gasteiger partial charge is 0.489 e. The molecule has 1 fully saturated rings. The molecule has 0 amide bonds. The standard InChI is InChI=1S/C18H25ClN6O/c1-13(26-16-5-3-4-15(19)10-16)11-21-18(20-2)25-8-6-14(7-9-25)17-22-12-23-24-17/h3-5,10,12-14H,6-9,11H2,1-2H3,(H,20,21)(H,22,23,24). The van der Waals surface area contributed by atoms with Crippen LogP contribution in [0.3, 0.4) is 0 Å². The molecule has 26 heavy (non-hydrogen) atoms. The summed E-state index contributed by atoms with van der Waals surface area (Å²) >= 11 is 6.00. The third kappa shape index (κ3) is 4.88. The van der Waals surface area contributed by atoms with Crippen molar-refractivity contribution >= 4 is 17.6 Å². The van der Waals surface area contributed by atoms with Crippen molar-refractivity contribution < 1.29 is 4.74 Å². The first-order valence-corrected chi connectivity index (χ1v) is 9.26. The van der Waals surface area contributed by atoms with Gasteiger partial charge in [-0.3, -0.25) is 10.1 Å². The number of H-pyrrole nitrogens is 1. The Labute approximate surface area is 158 Å². The summed E-state index contributed by atoms with van der Waals surface area (Å²) in [4.78, 5) is 11.0. The predicted molar refractivity (Wildman–Crippen MR) is 103 cm³/mol. The molecule has 1 aromatic carbocycles. The molecule has 2 N–H and O–H groups in total. The maximum atomic E-state index is 6.00. The van der Waals surface area contributed by atoms with E-state index in [9.17, 15) is 0 Å². The molecule has 0 radical (unpaired) electrons. The molecule has 7 nitrogen and oxygen atoms in total. The molecule has 1 atom stereocenters. The molecule has 140 valence electrons. The fourth-order valence-electron chi connectivity index (χ4n) is 3.16. The summed E-state index contributed by atoms with van der Waals surface area (Å²) in [5, 5.41) is 11.0. The van der Waals surface area contributed by atoms with Gasteiger partial charge in [0, 0.05) is 31.1 Å². The molecule has 2 heterocycles. The molecule has 1 saturated heterocycles. The van der Waals surface area contributed by atoms with Crippen LogP contribution in [-0.2, 0) is 0 Å². The van der Waals surface area contributed by atoms with Crippen LogP contribution in [0.5, 0.6) is 5.75 Å². The Morgan fingerprint density at radius 2 is 2.27 bits per heavy atom. The summed E-state index contributed by atoms with van der Waals surface area (Å²) in [6.07, 6.45) is 3.63. The van der Waals surface area contributed by atoms with Crippen molar-refractivity contribution in [2.24, 2.45) is 4.99 Å². The average molecular weight is 377 g/mol. The van der Waals surface area contributed by atoms with Gasteiger partial charge in [0.2, 0.25) is 0 Å². The van der Waals surface area contributed by atoms with Crippen LogP contribution >= 0.6 is 11.6 Å². The van der Waals surface area contributed by atoms with Gasteiger partial charge in [-0.15, -0.1) is 0 Å². The fraction of sp³-hybridized carbons (Fsp3) is 0.500. The Hall–Kier alpha value is -2.28. The van der Waals surface area contributed by atoms with Gasteiger partial charge in [0.05, 0.1) is 6.54 Å². The molecule has 1 aliphatic rings. The van der Waals surface area contributed by atoms with Crippen LogP contribution in [0.15, 0.2) is 35.6 Å². The summed E-state index contributed by atoms with van der Waals surface area (Å²) in [5.41, 5.74) is 0. The summed E-state index contributed by atoms with van der Waals surface area (Å²) in [6, 6.07) is 7.45. The minimum Gasteiger partial charge on any atom is -0.489 e. The molecule has 0 bridgehead atoms. The lowest BCUT2D eigenvalue weighted by Gasteiger charge is -2.33. The number of nitrogens with one attached hydrogen (secondary N) is 2. The second-order valence-electron chi connectivity index (χ2n) is 6.45. The maximum Gasteiger partial charge on any atom is 0.193 e. The fourth-order valence-corrected chi connectivity index (χ4v) is 3.34. The number of hydrogen-bond acceptors (Lipinski definition) is 4. The van der Waals surface area contributed by atoms with E-state index in [1.807, 2.05) is 38.2 Å². The highest BCUT2D eigenvalue weighted by molar-refractivity contribution is 6.30. The molecule has 1 aliphatic heterocycles. The highest BCUT2D eigenvalue weighted by atomic mass is 35.5. The van der Waals surface area contributed by atoms with Gasteiger partial charge in [-0.2, -0.15) is 5.10 Å². The van der Waals surface area contributed by atoms with Gasteiger partial charge >= 0.3 is 0 Å². The number of nitrogens with zero attached hydrogens (tertiary/aromatic N) is 4. The Morgan fingerprint density at radius 3 is 2.92 bits per heavy atom. The summed E-state index contributed by atoms with van der Waals surface area (Å²) in [6.45, 7) is 4.57. The van der Waals surface area contributed by atoms with E-state index in [1.54, 1.807) is 6.33 Å². The number of likely N-dealkylation sites (tertiary alicyclic amines) is 1. The van der Waals surface area contributed by atoms with Gasteiger partial charge in [0.25, 0.3) is 0 Å². The molecule has 1 unspecified atom stereocenters. The second-order valence-corrected chi connectivity index (χ2v) is 6.88. The summed E-state index contributed by atoms with van der Waals surface area (Å²) < 4.78 is 5.90. The normalized spacial score (nSPS) is 17.2. The van der Waals surface area contributed by atoms with Gasteiger partial charge < -0.3 is 15.0 Å². The van der Waals surface area contributed by atoms with E-state index in [1.165, 1.54) is 0 Å².